The fourth-order valence-corrected chi connectivity index (χ4v) is 1.93. The van der Waals surface area contributed by atoms with E-state index in [4.69, 9.17) is 4.52 Å². The highest BCUT2D eigenvalue weighted by Gasteiger charge is 2.30. The average Bonchev–Trinajstić information content (AvgIpc) is 3.05. The lowest BCUT2D eigenvalue weighted by Crippen LogP contribution is -2.20. The van der Waals surface area contributed by atoms with Crippen molar-refractivity contribution in [1.29, 1.82) is 0 Å². The number of aromatic nitrogens is 2. The van der Waals surface area contributed by atoms with Gasteiger partial charge in [-0.25, -0.2) is 4.39 Å². The average molecular weight is 261 g/mol. The smallest absolute Gasteiger partial charge is 0.321 e. The van der Waals surface area contributed by atoms with Gasteiger partial charge in [-0.05, 0) is 44.4 Å². The van der Waals surface area contributed by atoms with E-state index in [2.05, 4.69) is 15.5 Å². The van der Waals surface area contributed by atoms with Crippen LogP contribution in [0, 0.1) is 5.82 Å². The maximum atomic E-state index is 13.0. The van der Waals surface area contributed by atoms with Crippen LogP contribution in [0.4, 0.5) is 10.4 Å². The molecule has 1 heterocycles. The van der Waals surface area contributed by atoms with Crippen LogP contribution in [-0.4, -0.2) is 16.2 Å². The molecule has 1 N–H and O–H groups in total. The zero-order valence-electron chi connectivity index (χ0n) is 11.0. The van der Waals surface area contributed by atoms with E-state index in [-0.39, 0.29) is 5.82 Å². The Morgan fingerprint density at radius 1 is 1.26 bits per heavy atom. The van der Waals surface area contributed by atoms with E-state index in [1.165, 1.54) is 12.1 Å². The summed E-state index contributed by atoms with van der Waals surface area (Å²) in [5.41, 5.74) is 0.536. The van der Waals surface area contributed by atoms with Crippen LogP contribution in [0.2, 0.25) is 0 Å². The summed E-state index contributed by atoms with van der Waals surface area (Å²) in [6.07, 6.45) is 2.30. The van der Waals surface area contributed by atoms with E-state index in [0.29, 0.717) is 17.9 Å². The number of hydrogen-bond donors (Lipinski definition) is 1. The van der Waals surface area contributed by atoms with Crippen molar-refractivity contribution in [3.05, 3.63) is 41.5 Å². The molecule has 2 aromatic rings. The molecule has 4 nitrogen and oxygen atoms in total. The molecule has 1 aromatic carbocycles. The second kappa shape index (κ2) is 4.33. The largest absolute Gasteiger partial charge is 0.335 e. The molecule has 0 spiro atoms. The summed E-state index contributed by atoms with van der Waals surface area (Å²) in [4.78, 5) is 4.38. The first-order chi connectivity index (χ1) is 9.05. The van der Waals surface area contributed by atoms with Gasteiger partial charge >= 0.3 is 6.01 Å². The molecule has 1 aliphatic rings. The third-order valence-electron chi connectivity index (χ3n) is 3.46. The van der Waals surface area contributed by atoms with Crippen molar-refractivity contribution in [3.8, 4) is 0 Å². The predicted octanol–water partition coefficient (Wildman–Crippen LogP) is 3.11. The molecule has 1 aliphatic carbocycles. The van der Waals surface area contributed by atoms with Crippen LogP contribution < -0.4 is 5.32 Å². The summed E-state index contributed by atoms with van der Waals surface area (Å²) in [7, 11) is 0. The highest BCUT2D eigenvalue weighted by Crippen LogP contribution is 2.31. The van der Waals surface area contributed by atoms with Crippen molar-refractivity contribution < 1.29 is 8.91 Å². The van der Waals surface area contributed by atoms with Crippen LogP contribution >= 0.6 is 0 Å². The van der Waals surface area contributed by atoms with E-state index in [9.17, 15) is 4.39 Å². The monoisotopic (exact) mass is 261 g/mol. The van der Waals surface area contributed by atoms with Gasteiger partial charge in [0.25, 0.3) is 0 Å². The molecule has 3 rings (SSSR count). The molecular formula is C14H16FN3O. The molecule has 0 unspecified atom stereocenters. The Morgan fingerprint density at radius 2 is 1.95 bits per heavy atom. The molecular weight excluding hydrogens is 245 g/mol. The third kappa shape index (κ3) is 2.45. The number of benzene rings is 1. The first-order valence-corrected chi connectivity index (χ1v) is 6.42. The van der Waals surface area contributed by atoms with Crippen LogP contribution in [0.25, 0.3) is 0 Å². The predicted molar refractivity (Wildman–Crippen MR) is 69.5 cm³/mol. The van der Waals surface area contributed by atoms with Gasteiger partial charge in [0.15, 0.2) is 5.82 Å². The van der Waals surface area contributed by atoms with Gasteiger partial charge in [-0.3, -0.25) is 0 Å². The molecule has 0 atom stereocenters. The normalized spacial score (nSPS) is 15.5. The molecule has 1 fully saturated rings. The molecule has 1 aromatic heterocycles. The molecule has 0 amide bonds. The van der Waals surface area contributed by atoms with Crippen LogP contribution in [0.1, 0.15) is 38.1 Å². The minimum atomic E-state index is -0.416. The summed E-state index contributed by atoms with van der Waals surface area (Å²) in [6, 6.07) is 7.33. The number of nitrogens with zero attached hydrogens (tertiary/aromatic N) is 2. The van der Waals surface area contributed by atoms with Crippen molar-refractivity contribution >= 4 is 6.01 Å². The number of hydrogen-bond acceptors (Lipinski definition) is 4. The SMILES string of the molecule is CC(C)(c1ccc(F)cc1)c1noc(NC2CC2)n1. The molecule has 0 radical (unpaired) electrons. The standard InChI is InChI=1S/C14H16FN3O/c1-14(2,9-3-5-10(15)6-4-9)12-17-13(19-18-12)16-11-7-8-11/h3-6,11H,7-8H2,1-2H3,(H,16,17,18). The first-order valence-electron chi connectivity index (χ1n) is 6.42. The quantitative estimate of drug-likeness (QED) is 0.918. The van der Waals surface area contributed by atoms with Gasteiger partial charge < -0.3 is 9.84 Å². The van der Waals surface area contributed by atoms with Crippen molar-refractivity contribution in [2.24, 2.45) is 0 Å². The van der Waals surface area contributed by atoms with Crippen molar-refractivity contribution in [2.45, 2.75) is 38.1 Å². The van der Waals surface area contributed by atoms with E-state index in [0.717, 1.165) is 18.4 Å². The highest BCUT2D eigenvalue weighted by molar-refractivity contribution is 5.33. The van der Waals surface area contributed by atoms with E-state index >= 15 is 0 Å². The lowest BCUT2D eigenvalue weighted by molar-refractivity contribution is 0.408. The van der Waals surface area contributed by atoms with E-state index < -0.39 is 5.41 Å². The molecule has 0 bridgehead atoms. The summed E-state index contributed by atoms with van der Waals surface area (Å²) in [6.45, 7) is 3.98. The summed E-state index contributed by atoms with van der Waals surface area (Å²) >= 11 is 0. The van der Waals surface area contributed by atoms with Crippen LogP contribution in [0.5, 0.6) is 0 Å². The Bertz CT molecular complexity index is 573. The lowest BCUT2D eigenvalue weighted by Gasteiger charge is -2.20. The fourth-order valence-electron chi connectivity index (χ4n) is 1.93. The van der Waals surface area contributed by atoms with Gasteiger partial charge in [0.2, 0.25) is 0 Å². The van der Waals surface area contributed by atoms with Crippen molar-refractivity contribution in [2.75, 3.05) is 5.32 Å². The number of halogens is 1. The Morgan fingerprint density at radius 3 is 2.58 bits per heavy atom. The van der Waals surface area contributed by atoms with Gasteiger partial charge in [0.05, 0.1) is 5.41 Å². The molecule has 1 saturated carbocycles. The second-order valence-corrected chi connectivity index (χ2v) is 5.47. The summed E-state index contributed by atoms with van der Waals surface area (Å²) in [5, 5.41) is 7.19. The zero-order valence-corrected chi connectivity index (χ0v) is 11.0. The Balaban J connectivity index is 1.85. The van der Waals surface area contributed by atoms with Gasteiger partial charge in [-0.1, -0.05) is 17.3 Å². The van der Waals surface area contributed by atoms with Crippen molar-refractivity contribution in [1.82, 2.24) is 10.1 Å². The lowest BCUT2D eigenvalue weighted by atomic mass is 9.84. The molecule has 19 heavy (non-hydrogen) atoms. The van der Waals surface area contributed by atoms with Gasteiger partial charge in [0.1, 0.15) is 5.82 Å². The van der Waals surface area contributed by atoms with E-state index in [1.807, 2.05) is 13.8 Å². The Hall–Kier alpha value is -1.91. The summed E-state index contributed by atoms with van der Waals surface area (Å²) < 4.78 is 18.2. The number of nitrogens with one attached hydrogen (secondary N) is 1. The zero-order chi connectivity index (χ0) is 13.5. The fraction of sp³-hybridized carbons (Fsp3) is 0.429. The third-order valence-corrected chi connectivity index (χ3v) is 3.46. The van der Waals surface area contributed by atoms with Crippen LogP contribution in [-0.2, 0) is 5.41 Å². The Labute approximate surface area is 111 Å². The topological polar surface area (TPSA) is 51.0 Å². The minimum Gasteiger partial charge on any atom is -0.335 e. The van der Waals surface area contributed by atoms with Gasteiger partial charge in [-0.2, -0.15) is 4.98 Å². The number of rotatable bonds is 4. The minimum absolute atomic E-state index is 0.247. The van der Waals surface area contributed by atoms with Crippen LogP contribution in [0.3, 0.4) is 0 Å². The molecule has 5 heteroatoms. The van der Waals surface area contributed by atoms with E-state index in [1.54, 1.807) is 12.1 Å². The first kappa shape index (κ1) is 12.1. The highest BCUT2D eigenvalue weighted by atomic mass is 19.1. The maximum absolute atomic E-state index is 13.0. The molecule has 100 valence electrons. The van der Waals surface area contributed by atoms with Gasteiger partial charge in [-0.15, -0.1) is 0 Å². The molecule has 0 saturated heterocycles. The Kier molecular flexibility index (Phi) is 2.77. The van der Waals surface area contributed by atoms with Crippen LogP contribution in [0.15, 0.2) is 28.8 Å². The maximum Gasteiger partial charge on any atom is 0.321 e. The van der Waals surface area contributed by atoms with Gasteiger partial charge in [0, 0.05) is 6.04 Å². The summed E-state index contributed by atoms with van der Waals surface area (Å²) in [5.74, 6) is 0.353. The second-order valence-electron chi connectivity index (χ2n) is 5.47. The molecule has 0 aliphatic heterocycles. The van der Waals surface area contributed by atoms with Crippen molar-refractivity contribution in [3.63, 3.8) is 0 Å². The number of anilines is 1.